The second-order valence-electron chi connectivity index (χ2n) is 5.78. The van der Waals surface area contributed by atoms with Crippen LogP contribution in [0.2, 0.25) is 0 Å². The summed E-state index contributed by atoms with van der Waals surface area (Å²) in [5.74, 6) is 2.28. The number of nitrogens with one attached hydrogen (secondary N) is 1. The lowest BCUT2D eigenvalue weighted by molar-refractivity contribution is 0.191. The van der Waals surface area contributed by atoms with Gasteiger partial charge < -0.3 is 15.2 Å². The summed E-state index contributed by atoms with van der Waals surface area (Å²) in [7, 11) is 0. The first-order valence-electron chi connectivity index (χ1n) is 8.01. The van der Waals surface area contributed by atoms with Gasteiger partial charge in [-0.1, -0.05) is 19.1 Å². The molecular formula is C18H25N3O2. The third kappa shape index (κ3) is 5.21. The highest BCUT2D eigenvalue weighted by Crippen LogP contribution is 2.19. The van der Waals surface area contributed by atoms with Gasteiger partial charge in [-0.15, -0.1) is 0 Å². The largest absolute Gasteiger partial charge is 0.491 e. The van der Waals surface area contributed by atoms with Crippen molar-refractivity contribution in [1.29, 1.82) is 0 Å². The molecule has 5 heteroatoms. The van der Waals surface area contributed by atoms with Crippen molar-refractivity contribution in [1.82, 2.24) is 9.97 Å². The molecule has 0 saturated heterocycles. The van der Waals surface area contributed by atoms with E-state index in [9.17, 15) is 5.11 Å². The van der Waals surface area contributed by atoms with Crippen LogP contribution in [-0.4, -0.2) is 27.7 Å². The lowest BCUT2D eigenvalue weighted by atomic mass is 10.1. The molecule has 0 aliphatic rings. The van der Waals surface area contributed by atoms with Gasteiger partial charge in [0.05, 0.1) is 12.2 Å². The molecule has 0 spiro atoms. The highest BCUT2D eigenvalue weighted by Gasteiger charge is 2.09. The van der Waals surface area contributed by atoms with E-state index < -0.39 is 6.10 Å². The molecule has 5 nitrogen and oxygen atoms in total. The van der Waals surface area contributed by atoms with E-state index in [0.717, 1.165) is 35.1 Å². The average Bonchev–Trinajstić information content (AvgIpc) is 2.52. The van der Waals surface area contributed by atoms with E-state index in [-0.39, 0.29) is 6.10 Å². The number of ether oxygens (including phenoxy) is 1. The fraction of sp³-hybridized carbons (Fsp3) is 0.444. The van der Waals surface area contributed by atoms with Gasteiger partial charge >= 0.3 is 0 Å². The van der Waals surface area contributed by atoms with Crippen LogP contribution >= 0.6 is 0 Å². The molecule has 1 heterocycles. The molecule has 0 amide bonds. The predicted molar refractivity (Wildman–Crippen MR) is 91.8 cm³/mol. The van der Waals surface area contributed by atoms with Gasteiger partial charge in [0.2, 0.25) is 0 Å². The number of nitrogens with zero attached hydrogens (tertiary/aromatic N) is 2. The van der Waals surface area contributed by atoms with E-state index in [0.29, 0.717) is 6.54 Å². The summed E-state index contributed by atoms with van der Waals surface area (Å²) in [6.45, 7) is 8.29. The van der Waals surface area contributed by atoms with Gasteiger partial charge in [-0.2, -0.15) is 0 Å². The Balaban J connectivity index is 1.96. The van der Waals surface area contributed by atoms with Crippen molar-refractivity contribution >= 4 is 5.82 Å². The number of rotatable bonds is 7. The normalized spacial score (nSPS) is 12.3. The number of benzene rings is 1. The minimum Gasteiger partial charge on any atom is -0.491 e. The minimum absolute atomic E-state index is 0.140. The van der Waals surface area contributed by atoms with Crippen molar-refractivity contribution < 1.29 is 9.84 Å². The highest BCUT2D eigenvalue weighted by atomic mass is 16.5. The maximum absolute atomic E-state index is 10.3. The van der Waals surface area contributed by atoms with Crippen LogP contribution in [0.4, 0.5) is 5.82 Å². The van der Waals surface area contributed by atoms with Crippen molar-refractivity contribution in [2.75, 3.05) is 11.9 Å². The maximum atomic E-state index is 10.3. The molecule has 2 N–H and O–H groups in total. The molecule has 124 valence electrons. The lowest BCUT2D eigenvalue weighted by Gasteiger charge is -2.15. The predicted octanol–water partition coefficient (Wildman–Crippen LogP) is 3.28. The van der Waals surface area contributed by atoms with Gasteiger partial charge in [-0.05, 0) is 44.9 Å². The van der Waals surface area contributed by atoms with Crippen LogP contribution < -0.4 is 10.1 Å². The molecule has 1 atom stereocenters. The Bertz CT molecular complexity index is 627. The van der Waals surface area contributed by atoms with E-state index in [1.54, 1.807) is 0 Å². The van der Waals surface area contributed by atoms with Gasteiger partial charge in [0, 0.05) is 18.3 Å². The number of aryl methyl sites for hydroxylation is 2. The van der Waals surface area contributed by atoms with Crippen LogP contribution in [0.1, 0.15) is 44.0 Å². The minimum atomic E-state index is -0.608. The van der Waals surface area contributed by atoms with Crippen molar-refractivity contribution in [2.45, 2.75) is 46.3 Å². The van der Waals surface area contributed by atoms with Gasteiger partial charge in [-0.3, -0.25) is 0 Å². The van der Waals surface area contributed by atoms with E-state index in [4.69, 9.17) is 4.74 Å². The fourth-order valence-corrected chi connectivity index (χ4v) is 2.26. The zero-order chi connectivity index (χ0) is 16.8. The van der Waals surface area contributed by atoms with Crippen LogP contribution in [-0.2, 0) is 6.42 Å². The first-order chi connectivity index (χ1) is 11.0. The molecule has 0 saturated carbocycles. The lowest BCUT2D eigenvalue weighted by Crippen LogP contribution is -2.14. The van der Waals surface area contributed by atoms with Gasteiger partial charge in [0.1, 0.15) is 17.4 Å². The van der Waals surface area contributed by atoms with Crippen LogP contribution in [0.3, 0.4) is 0 Å². The Kier molecular flexibility index (Phi) is 5.93. The van der Waals surface area contributed by atoms with Gasteiger partial charge in [-0.25, -0.2) is 9.97 Å². The van der Waals surface area contributed by atoms with Gasteiger partial charge in [0.25, 0.3) is 0 Å². The molecule has 0 aliphatic carbocycles. The number of anilines is 1. The van der Waals surface area contributed by atoms with Crippen LogP contribution in [0.15, 0.2) is 30.3 Å². The Morgan fingerprint density at radius 2 is 1.87 bits per heavy atom. The van der Waals surface area contributed by atoms with E-state index in [2.05, 4.69) is 22.2 Å². The molecule has 0 aliphatic heterocycles. The smallest absolute Gasteiger partial charge is 0.130 e. The monoisotopic (exact) mass is 315 g/mol. The Labute approximate surface area is 137 Å². The van der Waals surface area contributed by atoms with Crippen molar-refractivity contribution in [3.05, 3.63) is 47.4 Å². The second-order valence-corrected chi connectivity index (χ2v) is 5.78. The average molecular weight is 315 g/mol. The molecule has 23 heavy (non-hydrogen) atoms. The van der Waals surface area contributed by atoms with E-state index >= 15 is 0 Å². The molecule has 0 radical (unpaired) electrons. The van der Waals surface area contributed by atoms with Crippen LogP contribution in [0.5, 0.6) is 5.75 Å². The van der Waals surface area contributed by atoms with Crippen LogP contribution in [0.25, 0.3) is 0 Å². The Morgan fingerprint density at radius 3 is 2.48 bits per heavy atom. The summed E-state index contributed by atoms with van der Waals surface area (Å²) in [6.07, 6.45) is 0.391. The Morgan fingerprint density at radius 1 is 1.17 bits per heavy atom. The first-order valence-corrected chi connectivity index (χ1v) is 8.01. The summed E-state index contributed by atoms with van der Waals surface area (Å²) in [5.41, 5.74) is 1.83. The quantitative estimate of drug-likeness (QED) is 0.821. The second kappa shape index (κ2) is 7.92. The maximum Gasteiger partial charge on any atom is 0.130 e. The summed E-state index contributed by atoms with van der Waals surface area (Å²) in [5, 5.41) is 13.5. The molecule has 0 fully saturated rings. The number of aromatic nitrogens is 2. The summed E-state index contributed by atoms with van der Waals surface area (Å²) >= 11 is 0. The molecule has 0 bridgehead atoms. The van der Waals surface area contributed by atoms with Crippen molar-refractivity contribution in [3.8, 4) is 5.75 Å². The fourth-order valence-electron chi connectivity index (χ4n) is 2.26. The zero-order valence-electron chi connectivity index (χ0n) is 14.2. The highest BCUT2D eigenvalue weighted by molar-refractivity contribution is 5.37. The number of hydrogen-bond acceptors (Lipinski definition) is 5. The molecule has 2 rings (SSSR count). The van der Waals surface area contributed by atoms with Crippen LogP contribution in [0, 0.1) is 6.92 Å². The molecule has 1 aromatic carbocycles. The van der Waals surface area contributed by atoms with Gasteiger partial charge in [0.15, 0.2) is 0 Å². The number of aliphatic hydroxyl groups excluding tert-OH is 1. The summed E-state index contributed by atoms with van der Waals surface area (Å²) < 4.78 is 5.60. The molecule has 1 unspecified atom stereocenters. The third-order valence-corrected chi connectivity index (χ3v) is 3.37. The summed E-state index contributed by atoms with van der Waals surface area (Å²) in [4.78, 5) is 8.68. The Hall–Kier alpha value is -2.14. The third-order valence-electron chi connectivity index (χ3n) is 3.37. The topological polar surface area (TPSA) is 67.3 Å². The zero-order valence-corrected chi connectivity index (χ0v) is 14.2. The number of aliphatic hydroxyl groups is 1. The standard InChI is InChI=1S/C18H25N3O2/c1-5-15-10-18(21-13(4)20-15)19-11-17(22)14-6-8-16(9-7-14)23-12(2)3/h6-10,12,17,22H,5,11H2,1-4H3,(H,19,20,21). The first kappa shape index (κ1) is 17.2. The van der Waals surface area contributed by atoms with E-state index in [1.165, 1.54) is 0 Å². The SMILES string of the molecule is CCc1cc(NCC(O)c2ccc(OC(C)C)cc2)nc(C)n1. The molecular weight excluding hydrogens is 290 g/mol. The molecule has 1 aromatic heterocycles. The number of hydrogen-bond donors (Lipinski definition) is 2. The van der Waals surface area contributed by atoms with Crippen molar-refractivity contribution in [3.63, 3.8) is 0 Å². The molecule has 2 aromatic rings. The van der Waals surface area contributed by atoms with E-state index in [1.807, 2.05) is 51.1 Å². The van der Waals surface area contributed by atoms with Crippen molar-refractivity contribution in [2.24, 2.45) is 0 Å². The summed E-state index contributed by atoms with van der Waals surface area (Å²) in [6, 6.07) is 9.43.